The quantitative estimate of drug-likeness (QED) is 0.173. The molecule has 0 bridgehead atoms. The first-order chi connectivity index (χ1) is 21.6. The normalized spacial score (nSPS) is 12.8. The van der Waals surface area contributed by atoms with E-state index in [0.29, 0.717) is 0 Å². The summed E-state index contributed by atoms with van der Waals surface area (Å²) < 4.78 is 0. The molecule has 1 aliphatic carbocycles. The molecule has 0 N–H and O–H groups in total. The van der Waals surface area contributed by atoms with Crippen molar-refractivity contribution < 1.29 is 0 Å². The van der Waals surface area contributed by atoms with Crippen LogP contribution in [0.15, 0.2) is 139 Å². The van der Waals surface area contributed by atoms with Gasteiger partial charge in [-0.15, -0.1) is 0 Å². The number of aryl methyl sites for hydroxylation is 4. The number of benzene rings is 5. The van der Waals surface area contributed by atoms with Crippen LogP contribution in [0.5, 0.6) is 0 Å². The van der Waals surface area contributed by atoms with Gasteiger partial charge in [0.05, 0.1) is 11.4 Å². The molecule has 5 aromatic rings. The maximum atomic E-state index is 2.48. The second-order valence-corrected chi connectivity index (χ2v) is 11.6. The average Bonchev–Trinajstić information content (AvgIpc) is 3.08. The van der Waals surface area contributed by atoms with Gasteiger partial charge < -0.3 is 9.80 Å². The molecule has 0 saturated heterocycles. The summed E-state index contributed by atoms with van der Waals surface area (Å²) in [5, 5.41) is 0. The number of allylic oxidation sites excluding steroid dienone is 4. The molecule has 220 valence electrons. The lowest BCUT2D eigenvalue weighted by atomic mass is 9.93. The highest BCUT2D eigenvalue weighted by Gasteiger charge is 2.22. The molecule has 2 heteroatoms. The zero-order valence-corrected chi connectivity index (χ0v) is 26.4. The van der Waals surface area contributed by atoms with Crippen molar-refractivity contribution in [2.45, 2.75) is 53.4 Å². The summed E-state index contributed by atoms with van der Waals surface area (Å²) in [7, 11) is 0. The smallest absolute Gasteiger partial charge is 0.0522 e. The molecule has 0 aliphatic heterocycles. The molecule has 0 spiro atoms. The minimum atomic E-state index is 0.985. The largest absolute Gasteiger partial charge is 0.314 e. The van der Waals surface area contributed by atoms with E-state index in [4.69, 9.17) is 0 Å². The van der Waals surface area contributed by atoms with E-state index in [9.17, 15) is 0 Å². The molecular weight excluding hydrogens is 532 g/mol. The van der Waals surface area contributed by atoms with Crippen molar-refractivity contribution in [1.82, 2.24) is 0 Å². The van der Waals surface area contributed by atoms with E-state index in [1.165, 1.54) is 67.5 Å². The molecular formula is C42H42N2. The van der Waals surface area contributed by atoms with Gasteiger partial charge in [-0.2, -0.15) is 0 Å². The standard InChI is InChI=1S/C42H42N2/c1-5-33-17-13-15-31(3)41(33)43(37-19-9-7-10-20-37)39-27-23-35(24-28-39)36-25-29-40(30-26-36)44(38-21-11-8-12-22-38)42-32(4)16-14-18-34(42)6-2/h7-25,27-29H,5-6,26,30H2,1-4H3. The molecule has 0 aromatic heterocycles. The number of nitrogens with zero attached hydrogens (tertiary/aromatic N) is 2. The lowest BCUT2D eigenvalue weighted by Gasteiger charge is -2.33. The summed E-state index contributed by atoms with van der Waals surface area (Å²) in [6, 6.07) is 44.0. The van der Waals surface area contributed by atoms with Gasteiger partial charge >= 0.3 is 0 Å². The molecule has 5 aromatic carbocycles. The highest BCUT2D eigenvalue weighted by molar-refractivity contribution is 5.82. The van der Waals surface area contributed by atoms with Gasteiger partial charge in [0.2, 0.25) is 0 Å². The van der Waals surface area contributed by atoms with Crippen LogP contribution in [-0.2, 0) is 12.8 Å². The molecule has 0 amide bonds. The number of hydrogen-bond acceptors (Lipinski definition) is 2. The predicted octanol–water partition coefficient (Wildman–Crippen LogP) is 11.8. The van der Waals surface area contributed by atoms with E-state index in [1.54, 1.807) is 0 Å². The Bertz CT molecular complexity index is 1780. The molecule has 0 heterocycles. The van der Waals surface area contributed by atoms with Crippen LogP contribution in [0.25, 0.3) is 5.57 Å². The summed E-state index contributed by atoms with van der Waals surface area (Å²) in [5.41, 5.74) is 15.5. The van der Waals surface area contributed by atoms with Crippen molar-refractivity contribution in [2.75, 3.05) is 9.80 Å². The van der Waals surface area contributed by atoms with Crippen molar-refractivity contribution in [2.24, 2.45) is 0 Å². The third-order valence-corrected chi connectivity index (χ3v) is 8.79. The molecule has 0 unspecified atom stereocenters. The van der Waals surface area contributed by atoms with Crippen LogP contribution in [0, 0.1) is 13.8 Å². The summed E-state index contributed by atoms with van der Waals surface area (Å²) in [5.74, 6) is 0. The second-order valence-electron chi connectivity index (χ2n) is 11.6. The molecule has 2 nitrogen and oxygen atoms in total. The summed E-state index contributed by atoms with van der Waals surface area (Å²) in [6.07, 6.45) is 8.65. The van der Waals surface area contributed by atoms with Crippen molar-refractivity contribution in [3.8, 4) is 0 Å². The fourth-order valence-corrected chi connectivity index (χ4v) is 6.53. The summed E-state index contributed by atoms with van der Waals surface area (Å²) >= 11 is 0. The van der Waals surface area contributed by atoms with Crippen molar-refractivity contribution in [3.05, 3.63) is 167 Å². The molecule has 0 atom stereocenters. The topological polar surface area (TPSA) is 6.48 Å². The fraction of sp³-hybridized carbons (Fsp3) is 0.190. The number of hydrogen-bond donors (Lipinski definition) is 0. The second kappa shape index (κ2) is 13.2. The van der Waals surface area contributed by atoms with Gasteiger partial charge in [0.25, 0.3) is 0 Å². The van der Waals surface area contributed by atoms with Crippen LogP contribution in [0.2, 0.25) is 0 Å². The van der Waals surface area contributed by atoms with Crippen LogP contribution in [0.3, 0.4) is 0 Å². The monoisotopic (exact) mass is 574 g/mol. The van der Waals surface area contributed by atoms with Crippen LogP contribution in [0.4, 0.5) is 28.4 Å². The Morgan fingerprint density at radius 3 is 1.48 bits per heavy atom. The number of para-hydroxylation sites is 4. The van der Waals surface area contributed by atoms with Crippen molar-refractivity contribution in [1.29, 1.82) is 0 Å². The summed E-state index contributed by atoms with van der Waals surface area (Å²) in [4.78, 5) is 4.90. The first-order valence-electron chi connectivity index (χ1n) is 16.0. The molecule has 0 radical (unpaired) electrons. The van der Waals surface area contributed by atoms with Gasteiger partial charge in [-0.1, -0.05) is 105 Å². The van der Waals surface area contributed by atoms with E-state index >= 15 is 0 Å². The Hall–Kier alpha value is -4.82. The highest BCUT2D eigenvalue weighted by Crippen LogP contribution is 2.42. The van der Waals surface area contributed by atoms with Gasteiger partial charge in [0, 0.05) is 22.8 Å². The van der Waals surface area contributed by atoms with Crippen LogP contribution >= 0.6 is 0 Å². The van der Waals surface area contributed by atoms with E-state index in [2.05, 4.69) is 171 Å². The maximum absolute atomic E-state index is 2.48. The number of anilines is 5. The Labute approximate surface area is 263 Å². The molecule has 1 aliphatic rings. The maximum Gasteiger partial charge on any atom is 0.0522 e. The highest BCUT2D eigenvalue weighted by atomic mass is 15.2. The zero-order chi connectivity index (χ0) is 30.5. The van der Waals surface area contributed by atoms with Crippen molar-refractivity contribution >= 4 is 34.0 Å². The Morgan fingerprint density at radius 2 is 0.977 bits per heavy atom. The van der Waals surface area contributed by atoms with Crippen LogP contribution < -0.4 is 9.80 Å². The number of rotatable bonds is 9. The molecule has 0 saturated carbocycles. The first kappa shape index (κ1) is 29.3. The molecule has 44 heavy (non-hydrogen) atoms. The van der Waals surface area contributed by atoms with Crippen molar-refractivity contribution in [3.63, 3.8) is 0 Å². The van der Waals surface area contributed by atoms with E-state index in [1.807, 2.05) is 0 Å². The van der Waals surface area contributed by atoms with Crippen LogP contribution in [0.1, 0.15) is 54.5 Å². The first-order valence-corrected chi connectivity index (χ1v) is 16.0. The lowest BCUT2D eigenvalue weighted by Crippen LogP contribution is -2.20. The van der Waals surface area contributed by atoms with Gasteiger partial charge in [0.15, 0.2) is 0 Å². The lowest BCUT2D eigenvalue weighted by molar-refractivity contribution is 0.920. The van der Waals surface area contributed by atoms with E-state index in [-0.39, 0.29) is 0 Å². The van der Waals surface area contributed by atoms with E-state index < -0.39 is 0 Å². The molecule has 0 fully saturated rings. The minimum Gasteiger partial charge on any atom is -0.314 e. The average molecular weight is 575 g/mol. The zero-order valence-electron chi connectivity index (χ0n) is 26.4. The van der Waals surface area contributed by atoms with Crippen LogP contribution in [-0.4, -0.2) is 0 Å². The fourth-order valence-electron chi connectivity index (χ4n) is 6.53. The summed E-state index contributed by atoms with van der Waals surface area (Å²) in [6.45, 7) is 8.94. The SMILES string of the molecule is CCc1cccc(C)c1N(C1=CC=C(c2ccc(N(c3ccccc3)c3c(C)cccc3CC)cc2)CC1)c1ccccc1. The third-order valence-electron chi connectivity index (χ3n) is 8.79. The van der Waals surface area contributed by atoms with E-state index in [0.717, 1.165) is 25.7 Å². The third kappa shape index (κ3) is 5.85. The van der Waals surface area contributed by atoms with Gasteiger partial charge in [-0.3, -0.25) is 0 Å². The van der Waals surface area contributed by atoms with Gasteiger partial charge in [0.1, 0.15) is 0 Å². The Balaban J connectivity index is 1.36. The molecule has 6 rings (SSSR count). The Kier molecular flexibility index (Phi) is 8.79. The predicted molar refractivity (Wildman–Crippen MR) is 190 cm³/mol. The van der Waals surface area contributed by atoms with Gasteiger partial charge in [-0.05, 0) is 115 Å². The Morgan fingerprint density at radius 1 is 0.477 bits per heavy atom. The van der Waals surface area contributed by atoms with Gasteiger partial charge in [-0.25, -0.2) is 0 Å². The minimum absolute atomic E-state index is 0.985.